The van der Waals surface area contributed by atoms with Gasteiger partial charge in [0.05, 0.1) is 6.54 Å². The van der Waals surface area contributed by atoms with Crippen molar-refractivity contribution in [1.82, 2.24) is 14.7 Å². The summed E-state index contributed by atoms with van der Waals surface area (Å²) < 4.78 is 27.7. The largest absolute Gasteiger partial charge is 0.340 e. The van der Waals surface area contributed by atoms with Crippen LogP contribution in [-0.4, -0.2) is 79.5 Å². The molecule has 0 radical (unpaired) electrons. The molecule has 5 rings (SSSR count). The smallest absolute Gasteiger partial charge is 0.236 e. The van der Waals surface area contributed by atoms with Crippen LogP contribution in [0.4, 0.5) is 20.2 Å². The van der Waals surface area contributed by atoms with E-state index in [4.69, 9.17) is 0 Å². The summed E-state index contributed by atoms with van der Waals surface area (Å²) in [7, 11) is 1.99. The lowest BCUT2D eigenvalue weighted by atomic mass is 9.89. The standard InChI is InChI=1S/C26H32F2N4O/c1-29-14-15-31(26(33)18-29)12-3-2-11-30-13-10-25-23(17-30)22-16-20(28)6-9-24(22)32(25)21-7-4-19(27)5-8-21/h4-9,16,23,25H,2-3,10-15,17-18H2,1H3/t23-,25+/m0/s1. The van der Waals surface area contributed by atoms with Crippen molar-refractivity contribution in [2.75, 3.05) is 57.8 Å². The number of unbranched alkanes of at least 4 members (excludes halogenated alkanes) is 1. The zero-order valence-electron chi connectivity index (χ0n) is 19.2. The molecule has 5 nitrogen and oxygen atoms in total. The minimum Gasteiger partial charge on any atom is -0.340 e. The number of piperazine rings is 1. The number of fused-ring (bicyclic) bond motifs is 3. The van der Waals surface area contributed by atoms with Crippen molar-refractivity contribution in [2.24, 2.45) is 0 Å². The van der Waals surface area contributed by atoms with Crippen molar-refractivity contribution >= 4 is 17.3 Å². The molecule has 7 heteroatoms. The fourth-order valence-electron chi connectivity index (χ4n) is 5.68. The summed E-state index contributed by atoms with van der Waals surface area (Å²) in [6.07, 6.45) is 3.04. The van der Waals surface area contributed by atoms with E-state index in [-0.39, 0.29) is 29.5 Å². The first-order valence-electron chi connectivity index (χ1n) is 12.0. The van der Waals surface area contributed by atoms with E-state index in [1.807, 2.05) is 30.1 Å². The number of hydrogen-bond donors (Lipinski definition) is 0. The molecular formula is C26H32F2N4O. The molecule has 33 heavy (non-hydrogen) atoms. The predicted octanol–water partition coefficient (Wildman–Crippen LogP) is 3.83. The summed E-state index contributed by atoms with van der Waals surface area (Å²) in [6.45, 7) is 6.00. The van der Waals surface area contributed by atoms with Crippen LogP contribution in [-0.2, 0) is 4.79 Å². The molecule has 1 amide bonds. The molecule has 176 valence electrons. The minimum atomic E-state index is -0.248. The minimum absolute atomic E-state index is 0.206. The van der Waals surface area contributed by atoms with Gasteiger partial charge in [0, 0.05) is 56.1 Å². The number of halogens is 2. The van der Waals surface area contributed by atoms with Gasteiger partial charge in [-0.3, -0.25) is 9.69 Å². The van der Waals surface area contributed by atoms with Gasteiger partial charge in [0.15, 0.2) is 0 Å². The average Bonchev–Trinajstić information content (AvgIpc) is 3.11. The van der Waals surface area contributed by atoms with E-state index in [9.17, 15) is 13.6 Å². The SMILES string of the molecule is CN1CCN(CCCCN2CC[C@@H]3[C@@H](C2)c2cc(F)ccc2N3c2ccc(F)cc2)C(=O)C1. The fraction of sp³-hybridized carbons (Fsp3) is 0.500. The fourth-order valence-corrected chi connectivity index (χ4v) is 5.68. The van der Waals surface area contributed by atoms with Gasteiger partial charge in [0.25, 0.3) is 0 Å². The Morgan fingerprint density at radius 2 is 1.70 bits per heavy atom. The Balaban J connectivity index is 1.22. The molecule has 0 aromatic heterocycles. The van der Waals surface area contributed by atoms with Crippen LogP contribution in [0.5, 0.6) is 0 Å². The summed E-state index contributed by atoms with van der Waals surface area (Å²) in [5.74, 6) is 0.00749. The number of carbonyl (C=O) groups is 1. The van der Waals surface area contributed by atoms with Crippen molar-refractivity contribution in [3.05, 3.63) is 59.7 Å². The molecule has 0 N–H and O–H groups in total. The number of benzene rings is 2. The predicted molar refractivity (Wildman–Crippen MR) is 126 cm³/mol. The Bertz CT molecular complexity index is 998. The van der Waals surface area contributed by atoms with Gasteiger partial charge in [-0.25, -0.2) is 8.78 Å². The summed E-state index contributed by atoms with van der Waals surface area (Å²) in [6, 6.07) is 11.9. The molecule has 2 aromatic carbocycles. The second-order valence-electron chi connectivity index (χ2n) is 9.64. The van der Waals surface area contributed by atoms with Crippen LogP contribution in [0.3, 0.4) is 0 Å². The van der Waals surface area contributed by atoms with E-state index in [1.54, 1.807) is 6.07 Å². The van der Waals surface area contributed by atoms with Crippen LogP contribution in [0.2, 0.25) is 0 Å². The Morgan fingerprint density at radius 3 is 2.48 bits per heavy atom. The van der Waals surface area contributed by atoms with E-state index < -0.39 is 0 Å². The van der Waals surface area contributed by atoms with Gasteiger partial charge < -0.3 is 14.7 Å². The number of likely N-dealkylation sites (tertiary alicyclic amines) is 1. The third-order valence-corrected chi connectivity index (χ3v) is 7.41. The maximum Gasteiger partial charge on any atom is 0.236 e. The van der Waals surface area contributed by atoms with E-state index in [1.165, 1.54) is 18.2 Å². The van der Waals surface area contributed by atoms with Crippen molar-refractivity contribution in [3.63, 3.8) is 0 Å². The topological polar surface area (TPSA) is 30.0 Å². The lowest BCUT2D eigenvalue weighted by molar-refractivity contribution is -0.135. The highest BCUT2D eigenvalue weighted by Gasteiger charge is 2.42. The highest BCUT2D eigenvalue weighted by molar-refractivity contribution is 5.79. The first kappa shape index (κ1) is 22.3. The van der Waals surface area contributed by atoms with Crippen LogP contribution >= 0.6 is 0 Å². The zero-order valence-corrected chi connectivity index (χ0v) is 19.2. The van der Waals surface area contributed by atoms with Crippen molar-refractivity contribution in [3.8, 4) is 0 Å². The summed E-state index contributed by atoms with van der Waals surface area (Å²) >= 11 is 0. The maximum absolute atomic E-state index is 14.2. The van der Waals surface area contributed by atoms with E-state index >= 15 is 0 Å². The summed E-state index contributed by atoms with van der Waals surface area (Å²) in [4.78, 5) is 21.0. The lowest BCUT2D eigenvalue weighted by Crippen LogP contribution is -2.49. The summed E-state index contributed by atoms with van der Waals surface area (Å²) in [5.41, 5.74) is 3.05. The molecule has 3 aliphatic heterocycles. The molecule has 2 fully saturated rings. The van der Waals surface area contributed by atoms with Crippen molar-refractivity contribution in [1.29, 1.82) is 0 Å². The zero-order chi connectivity index (χ0) is 22.9. The van der Waals surface area contributed by atoms with Crippen LogP contribution in [0.25, 0.3) is 0 Å². The third-order valence-electron chi connectivity index (χ3n) is 7.41. The molecule has 0 unspecified atom stereocenters. The first-order valence-corrected chi connectivity index (χ1v) is 12.0. The number of likely N-dealkylation sites (N-methyl/N-ethyl adjacent to an activating group) is 1. The Labute approximate surface area is 194 Å². The molecule has 0 bridgehead atoms. The molecule has 0 spiro atoms. The molecule has 3 heterocycles. The highest BCUT2D eigenvalue weighted by Crippen LogP contribution is 2.48. The van der Waals surface area contributed by atoms with E-state index in [2.05, 4.69) is 14.7 Å². The quantitative estimate of drug-likeness (QED) is 0.621. The van der Waals surface area contributed by atoms with Crippen molar-refractivity contribution in [2.45, 2.75) is 31.2 Å². The van der Waals surface area contributed by atoms with Gasteiger partial charge in [0.2, 0.25) is 5.91 Å². The molecule has 2 saturated heterocycles. The van der Waals surface area contributed by atoms with Crippen LogP contribution in [0.1, 0.15) is 30.7 Å². The molecule has 2 aromatic rings. The monoisotopic (exact) mass is 454 g/mol. The number of piperidine rings is 1. The highest BCUT2D eigenvalue weighted by atomic mass is 19.1. The molecule has 0 saturated carbocycles. The van der Waals surface area contributed by atoms with Gasteiger partial charge >= 0.3 is 0 Å². The van der Waals surface area contributed by atoms with Gasteiger partial charge in [0.1, 0.15) is 11.6 Å². The average molecular weight is 455 g/mol. The molecule has 2 atom stereocenters. The van der Waals surface area contributed by atoms with Gasteiger partial charge in [-0.2, -0.15) is 0 Å². The Kier molecular flexibility index (Phi) is 6.34. The van der Waals surface area contributed by atoms with Crippen LogP contribution in [0.15, 0.2) is 42.5 Å². The Morgan fingerprint density at radius 1 is 0.939 bits per heavy atom. The van der Waals surface area contributed by atoms with Gasteiger partial charge in [-0.1, -0.05) is 0 Å². The van der Waals surface area contributed by atoms with Crippen LogP contribution in [0, 0.1) is 11.6 Å². The van der Waals surface area contributed by atoms with Gasteiger partial charge in [-0.15, -0.1) is 0 Å². The van der Waals surface area contributed by atoms with Gasteiger partial charge in [-0.05, 0) is 80.9 Å². The number of carbonyl (C=O) groups excluding carboxylic acids is 1. The van der Waals surface area contributed by atoms with E-state index in [0.29, 0.717) is 6.54 Å². The summed E-state index contributed by atoms with van der Waals surface area (Å²) in [5, 5.41) is 0. The molecule has 3 aliphatic rings. The number of nitrogens with zero attached hydrogens (tertiary/aromatic N) is 4. The molecule has 0 aliphatic carbocycles. The first-order chi connectivity index (χ1) is 16.0. The van der Waals surface area contributed by atoms with Crippen LogP contribution < -0.4 is 4.90 Å². The maximum atomic E-state index is 14.2. The number of anilines is 2. The Hall–Kier alpha value is -2.51. The second kappa shape index (κ2) is 9.39. The van der Waals surface area contributed by atoms with Crippen molar-refractivity contribution < 1.29 is 13.6 Å². The normalized spacial score (nSPS) is 23.7. The molecular weight excluding hydrogens is 422 g/mol. The number of rotatable bonds is 6. The third kappa shape index (κ3) is 4.62. The lowest BCUT2D eigenvalue weighted by Gasteiger charge is -2.39. The number of hydrogen-bond acceptors (Lipinski definition) is 4. The number of amides is 1. The second-order valence-corrected chi connectivity index (χ2v) is 9.64. The van der Waals surface area contributed by atoms with E-state index in [0.717, 1.165) is 75.5 Å².